The van der Waals surface area contributed by atoms with E-state index >= 15 is 0 Å². The zero-order valence-corrected chi connectivity index (χ0v) is 20.1. The van der Waals surface area contributed by atoms with Crippen molar-refractivity contribution in [2.24, 2.45) is 0 Å². The van der Waals surface area contributed by atoms with E-state index in [1.54, 1.807) is 31.4 Å². The molecule has 3 aromatic rings. The van der Waals surface area contributed by atoms with E-state index in [1.807, 2.05) is 64.1 Å². The third kappa shape index (κ3) is 4.27. The molecule has 174 valence electrons. The van der Waals surface area contributed by atoms with Gasteiger partial charge >= 0.3 is 0 Å². The summed E-state index contributed by atoms with van der Waals surface area (Å²) >= 11 is 0. The van der Waals surface area contributed by atoms with Gasteiger partial charge in [-0.1, -0.05) is 30.3 Å². The van der Waals surface area contributed by atoms with Crippen molar-refractivity contribution in [2.75, 3.05) is 23.9 Å². The number of carbonyl (C=O) groups is 2. The Hall–Kier alpha value is -4.06. The first-order valence-corrected chi connectivity index (χ1v) is 11.2. The zero-order valence-electron chi connectivity index (χ0n) is 20.1. The van der Waals surface area contributed by atoms with Crippen LogP contribution in [0.1, 0.15) is 29.2 Å². The van der Waals surface area contributed by atoms with E-state index in [-0.39, 0.29) is 11.6 Å². The Morgan fingerprint density at radius 2 is 1.53 bits per heavy atom. The molecule has 6 nitrogen and oxygen atoms in total. The molecule has 0 atom stereocenters. The molecule has 0 saturated heterocycles. The summed E-state index contributed by atoms with van der Waals surface area (Å²) in [4.78, 5) is 28.7. The van der Waals surface area contributed by atoms with Crippen LogP contribution in [-0.4, -0.2) is 25.5 Å². The largest absolute Gasteiger partial charge is 0.495 e. The van der Waals surface area contributed by atoms with Gasteiger partial charge in [0.1, 0.15) is 17.2 Å². The topological polar surface area (TPSA) is 67.9 Å². The fourth-order valence-corrected chi connectivity index (χ4v) is 4.03. The first-order chi connectivity index (χ1) is 16.3. The Balaban J connectivity index is 1.86. The number of hydrogen-bond donors (Lipinski definition) is 1. The van der Waals surface area contributed by atoms with Gasteiger partial charge in [-0.2, -0.15) is 0 Å². The second-order valence-electron chi connectivity index (χ2n) is 8.27. The number of nitrogens with one attached hydrogen (secondary N) is 1. The highest BCUT2D eigenvalue weighted by atomic mass is 16.5. The number of rotatable bonds is 7. The molecule has 0 unspecified atom stereocenters. The van der Waals surface area contributed by atoms with Crippen LogP contribution in [0.25, 0.3) is 5.57 Å². The van der Waals surface area contributed by atoms with Crippen LogP contribution in [0.15, 0.2) is 66.4 Å². The number of ether oxygens (including phenoxy) is 2. The number of carbonyl (C=O) groups excluding carboxylic acids is 2. The molecule has 1 aliphatic heterocycles. The Bertz CT molecular complexity index is 1290. The Labute approximate surface area is 199 Å². The molecule has 0 radical (unpaired) electrons. The molecule has 4 rings (SSSR count). The van der Waals surface area contributed by atoms with Gasteiger partial charge in [0.25, 0.3) is 11.8 Å². The van der Waals surface area contributed by atoms with Crippen molar-refractivity contribution in [2.45, 2.75) is 27.7 Å². The van der Waals surface area contributed by atoms with Crippen molar-refractivity contribution in [3.8, 4) is 11.5 Å². The van der Waals surface area contributed by atoms with Gasteiger partial charge in [0, 0.05) is 0 Å². The number of methoxy groups -OCH3 is 1. The maximum Gasteiger partial charge on any atom is 0.282 e. The third-order valence-corrected chi connectivity index (χ3v) is 5.76. The van der Waals surface area contributed by atoms with Gasteiger partial charge in [0.2, 0.25) is 0 Å². The smallest absolute Gasteiger partial charge is 0.282 e. The normalized spacial score (nSPS) is 13.5. The van der Waals surface area contributed by atoms with Crippen molar-refractivity contribution in [1.82, 2.24) is 0 Å². The number of aryl methyl sites for hydroxylation is 3. The van der Waals surface area contributed by atoms with Gasteiger partial charge in [-0.3, -0.25) is 9.59 Å². The maximum atomic E-state index is 13.8. The molecule has 0 fully saturated rings. The molecule has 2 amide bonds. The Kier molecular flexibility index (Phi) is 6.41. The third-order valence-electron chi connectivity index (χ3n) is 5.76. The number of imide groups is 1. The molecule has 0 aromatic heterocycles. The van der Waals surface area contributed by atoms with Crippen molar-refractivity contribution in [1.29, 1.82) is 0 Å². The molecule has 3 aromatic carbocycles. The van der Waals surface area contributed by atoms with E-state index in [2.05, 4.69) is 5.32 Å². The van der Waals surface area contributed by atoms with Gasteiger partial charge < -0.3 is 14.8 Å². The van der Waals surface area contributed by atoms with Crippen molar-refractivity contribution in [3.05, 3.63) is 88.6 Å². The minimum atomic E-state index is -0.411. The van der Waals surface area contributed by atoms with Crippen LogP contribution in [0.3, 0.4) is 0 Å². The SMILES string of the molecule is CCOc1ccc(C2=C(Nc3cc(C)ccc3OC)C(=O)N(c3cc(C)ccc3C)C2=O)cc1. The van der Waals surface area contributed by atoms with E-state index < -0.39 is 5.91 Å². The Morgan fingerprint density at radius 1 is 0.853 bits per heavy atom. The van der Waals surface area contributed by atoms with Gasteiger partial charge in [0.15, 0.2) is 0 Å². The minimum Gasteiger partial charge on any atom is -0.495 e. The molecule has 1 N–H and O–H groups in total. The molecule has 6 heteroatoms. The lowest BCUT2D eigenvalue weighted by Gasteiger charge is -2.19. The maximum absolute atomic E-state index is 13.8. The number of nitrogens with zero attached hydrogens (tertiary/aromatic N) is 1. The van der Waals surface area contributed by atoms with E-state index in [0.717, 1.165) is 16.7 Å². The highest BCUT2D eigenvalue weighted by molar-refractivity contribution is 6.46. The standard InChI is InChI=1S/C28H28N2O4/c1-6-34-21-12-10-20(11-13-21)25-26(29-22-15-17(2)8-14-24(22)33-5)28(32)30(27(25)31)23-16-18(3)7-9-19(23)4/h7-16,29H,6H2,1-5H3. The number of hydrogen-bond acceptors (Lipinski definition) is 5. The summed E-state index contributed by atoms with van der Waals surface area (Å²) in [7, 11) is 1.57. The van der Waals surface area contributed by atoms with E-state index in [9.17, 15) is 9.59 Å². The number of benzene rings is 3. The Morgan fingerprint density at radius 3 is 2.21 bits per heavy atom. The lowest BCUT2D eigenvalue weighted by molar-refractivity contribution is -0.120. The molecule has 0 bridgehead atoms. The van der Waals surface area contributed by atoms with E-state index in [4.69, 9.17) is 9.47 Å². The monoisotopic (exact) mass is 456 g/mol. The second-order valence-corrected chi connectivity index (χ2v) is 8.27. The fraction of sp³-hybridized carbons (Fsp3) is 0.214. The van der Waals surface area contributed by atoms with Gasteiger partial charge in [-0.15, -0.1) is 0 Å². The second kappa shape index (κ2) is 9.43. The van der Waals surface area contributed by atoms with Crippen molar-refractivity contribution >= 4 is 28.8 Å². The predicted molar refractivity (Wildman–Crippen MR) is 134 cm³/mol. The summed E-state index contributed by atoms with van der Waals surface area (Å²) in [5.74, 6) is 0.488. The fourth-order valence-electron chi connectivity index (χ4n) is 4.03. The summed E-state index contributed by atoms with van der Waals surface area (Å²) in [6.07, 6.45) is 0. The van der Waals surface area contributed by atoms with Crippen LogP contribution in [-0.2, 0) is 9.59 Å². The van der Waals surface area contributed by atoms with E-state index in [1.165, 1.54) is 4.90 Å². The average molecular weight is 457 g/mol. The van der Waals surface area contributed by atoms with Crippen LogP contribution in [0.2, 0.25) is 0 Å². The molecule has 1 aliphatic rings. The lowest BCUT2D eigenvalue weighted by Crippen LogP contribution is -2.33. The van der Waals surface area contributed by atoms with Crippen molar-refractivity contribution in [3.63, 3.8) is 0 Å². The van der Waals surface area contributed by atoms with Crippen molar-refractivity contribution < 1.29 is 19.1 Å². The van der Waals surface area contributed by atoms with Crippen LogP contribution in [0, 0.1) is 20.8 Å². The number of amides is 2. The molecule has 0 spiro atoms. The summed E-state index contributed by atoms with van der Waals surface area (Å²) in [5, 5.41) is 3.21. The average Bonchev–Trinajstić information content (AvgIpc) is 3.06. The van der Waals surface area contributed by atoms with Gasteiger partial charge in [-0.05, 0) is 80.3 Å². The predicted octanol–water partition coefficient (Wildman–Crippen LogP) is 5.42. The summed E-state index contributed by atoms with van der Waals surface area (Å²) in [5.41, 5.74) is 5.13. The highest BCUT2D eigenvalue weighted by Gasteiger charge is 2.41. The van der Waals surface area contributed by atoms with Gasteiger partial charge in [0.05, 0.1) is 30.7 Å². The molecular weight excluding hydrogens is 428 g/mol. The molecule has 1 heterocycles. The zero-order chi connectivity index (χ0) is 24.4. The molecule has 0 aliphatic carbocycles. The number of anilines is 2. The van der Waals surface area contributed by atoms with E-state index in [0.29, 0.717) is 40.6 Å². The van der Waals surface area contributed by atoms with Crippen LogP contribution in [0.4, 0.5) is 11.4 Å². The van der Waals surface area contributed by atoms with Crippen LogP contribution in [0.5, 0.6) is 11.5 Å². The lowest BCUT2D eigenvalue weighted by atomic mass is 10.0. The highest BCUT2D eigenvalue weighted by Crippen LogP contribution is 2.37. The molecule has 0 saturated carbocycles. The first-order valence-electron chi connectivity index (χ1n) is 11.2. The quantitative estimate of drug-likeness (QED) is 0.481. The van der Waals surface area contributed by atoms with Crippen LogP contribution >= 0.6 is 0 Å². The van der Waals surface area contributed by atoms with Gasteiger partial charge in [-0.25, -0.2) is 4.90 Å². The summed E-state index contributed by atoms with van der Waals surface area (Å²) in [6.45, 7) is 8.23. The minimum absolute atomic E-state index is 0.207. The first kappa shape index (κ1) is 23.1. The van der Waals surface area contributed by atoms with Crippen LogP contribution < -0.4 is 19.7 Å². The summed E-state index contributed by atoms with van der Waals surface area (Å²) in [6, 6.07) is 18.6. The molecular formula is C28H28N2O4. The molecule has 34 heavy (non-hydrogen) atoms. The summed E-state index contributed by atoms with van der Waals surface area (Å²) < 4.78 is 11.0.